The smallest absolute Gasteiger partial charge is 0.254 e. The van der Waals surface area contributed by atoms with Crippen LogP contribution in [0.1, 0.15) is 13.8 Å². The Bertz CT molecular complexity index is 321. The van der Waals surface area contributed by atoms with Crippen molar-refractivity contribution in [3.05, 3.63) is 12.3 Å². The molecule has 0 radical (unpaired) electrons. The minimum atomic E-state index is -0.342. The molecular formula is C8H10BrN3O. The number of nitrogens with zero attached hydrogens (tertiary/aromatic N) is 3. The first-order valence-corrected chi connectivity index (χ1v) is 4.83. The summed E-state index contributed by atoms with van der Waals surface area (Å²) in [5.41, 5.74) is -0.342. The van der Waals surface area contributed by atoms with Crippen molar-refractivity contribution in [2.75, 3.05) is 6.54 Å². The van der Waals surface area contributed by atoms with Gasteiger partial charge in [-0.3, -0.25) is 4.79 Å². The summed E-state index contributed by atoms with van der Waals surface area (Å²) in [6.07, 6.45) is 3.49. The third kappa shape index (κ3) is 1.27. The topological polar surface area (TPSA) is 35.9 Å². The van der Waals surface area contributed by atoms with Gasteiger partial charge in [0.25, 0.3) is 5.91 Å². The van der Waals surface area contributed by atoms with Crippen LogP contribution in [0.25, 0.3) is 0 Å². The quantitative estimate of drug-likeness (QED) is 0.644. The zero-order valence-electron chi connectivity index (χ0n) is 7.49. The molecular weight excluding hydrogens is 234 g/mol. The molecule has 0 atom stereocenters. The van der Waals surface area contributed by atoms with Crippen LogP contribution >= 0.6 is 15.9 Å². The zero-order chi connectivity index (χ0) is 9.64. The lowest BCUT2D eigenvalue weighted by molar-refractivity contribution is -0.137. The van der Waals surface area contributed by atoms with Gasteiger partial charge in [-0.1, -0.05) is 0 Å². The lowest BCUT2D eigenvalue weighted by Gasteiger charge is -2.23. The monoisotopic (exact) mass is 243 g/mol. The van der Waals surface area contributed by atoms with E-state index in [0.717, 1.165) is 4.62 Å². The van der Waals surface area contributed by atoms with Gasteiger partial charge in [0.1, 0.15) is 4.62 Å². The molecule has 70 valence electrons. The summed E-state index contributed by atoms with van der Waals surface area (Å²) in [4.78, 5) is 11.7. The SMILES string of the molecule is CC1(C)CN2N=C(Br)C=CN2C1=O. The Morgan fingerprint density at radius 1 is 1.62 bits per heavy atom. The van der Waals surface area contributed by atoms with E-state index in [1.165, 1.54) is 0 Å². The molecule has 0 N–H and O–H groups in total. The van der Waals surface area contributed by atoms with E-state index in [9.17, 15) is 4.79 Å². The molecule has 5 heteroatoms. The van der Waals surface area contributed by atoms with E-state index < -0.39 is 0 Å². The van der Waals surface area contributed by atoms with Crippen molar-refractivity contribution in [1.29, 1.82) is 0 Å². The molecule has 0 saturated carbocycles. The van der Waals surface area contributed by atoms with Crippen LogP contribution in [0.2, 0.25) is 0 Å². The van der Waals surface area contributed by atoms with Gasteiger partial charge in [0.05, 0.1) is 12.0 Å². The third-order valence-electron chi connectivity index (χ3n) is 2.14. The number of hydrogen-bond acceptors (Lipinski definition) is 3. The predicted octanol–water partition coefficient (Wildman–Crippen LogP) is 1.31. The summed E-state index contributed by atoms with van der Waals surface area (Å²) in [6, 6.07) is 0. The average Bonchev–Trinajstić information content (AvgIpc) is 2.22. The van der Waals surface area contributed by atoms with E-state index >= 15 is 0 Å². The van der Waals surface area contributed by atoms with Crippen molar-refractivity contribution in [3.8, 4) is 0 Å². The van der Waals surface area contributed by atoms with Gasteiger partial charge in [-0.2, -0.15) is 5.12 Å². The summed E-state index contributed by atoms with van der Waals surface area (Å²) >= 11 is 3.27. The van der Waals surface area contributed by atoms with Crippen LogP contribution in [0.4, 0.5) is 0 Å². The van der Waals surface area contributed by atoms with Crippen molar-refractivity contribution >= 4 is 26.5 Å². The lowest BCUT2D eigenvalue weighted by atomic mass is 9.94. The number of hydrazine groups is 1. The van der Waals surface area contributed by atoms with Crippen molar-refractivity contribution in [2.24, 2.45) is 10.5 Å². The van der Waals surface area contributed by atoms with Crippen LogP contribution in [0, 0.1) is 5.41 Å². The fraction of sp³-hybridized carbons (Fsp3) is 0.500. The first-order valence-electron chi connectivity index (χ1n) is 4.04. The fourth-order valence-electron chi connectivity index (χ4n) is 1.42. The van der Waals surface area contributed by atoms with Crippen LogP contribution in [-0.2, 0) is 4.79 Å². The van der Waals surface area contributed by atoms with Crippen LogP contribution in [0.3, 0.4) is 0 Å². The summed E-state index contributed by atoms with van der Waals surface area (Å²) in [5, 5.41) is 7.39. The molecule has 0 aromatic rings. The van der Waals surface area contributed by atoms with Gasteiger partial charge in [0, 0.05) is 6.20 Å². The van der Waals surface area contributed by atoms with Gasteiger partial charge < -0.3 is 0 Å². The molecule has 0 unspecified atom stereocenters. The Hall–Kier alpha value is -0.840. The van der Waals surface area contributed by atoms with Gasteiger partial charge in [0.2, 0.25) is 0 Å². The largest absolute Gasteiger partial charge is 0.272 e. The summed E-state index contributed by atoms with van der Waals surface area (Å²) in [6.45, 7) is 4.47. The normalized spacial score (nSPS) is 24.8. The Kier molecular flexibility index (Phi) is 1.73. The van der Waals surface area contributed by atoms with Crippen LogP contribution in [-0.4, -0.2) is 27.2 Å². The molecule has 13 heavy (non-hydrogen) atoms. The average molecular weight is 244 g/mol. The second-order valence-corrected chi connectivity index (χ2v) is 4.61. The Morgan fingerprint density at radius 2 is 2.31 bits per heavy atom. The molecule has 0 bridgehead atoms. The van der Waals surface area contributed by atoms with Crippen LogP contribution in [0.5, 0.6) is 0 Å². The minimum Gasteiger partial charge on any atom is -0.272 e. The lowest BCUT2D eigenvalue weighted by Crippen LogP contribution is -2.33. The van der Waals surface area contributed by atoms with Gasteiger partial charge >= 0.3 is 0 Å². The first-order chi connectivity index (χ1) is 6.00. The summed E-state index contributed by atoms with van der Waals surface area (Å²) < 4.78 is 0.745. The molecule has 1 saturated heterocycles. The molecule has 0 aromatic carbocycles. The van der Waals surface area contributed by atoms with Crippen molar-refractivity contribution in [3.63, 3.8) is 0 Å². The molecule has 0 aromatic heterocycles. The maximum atomic E-state index is 11.7. The number of halogens is 1. The first kappa shape index (κ1) is 8.74. The minimum absolute atomic E-state index is 0.0903. The second-order valence-electron chi connectivity index (χ2n) is 3.80. The number of hydrazone groups is 1. The van der Waals surface area contributed by atoms with Crippen molar-refractivity contribution < 1.29 is 4.79 Å². The molecule has 4 nitrogen and oxygen atoms in total. The summed E-state index contributed by atoms with van der Waals surface area (Å²) in [7, 11) is 0. The predicted molar refractivity (Wildman–Crippen MR) is 52.8 cm³/mol. The molecule has 1 amide bonds. The zero-order valence-corrected chi connectivity index (χ0v) is 9.08. The molecule has 2 rings (SSSR count). The van der Waals surface area contributed by atoms with Crippen LogP contribution < -0.4 is 0 Å². The van der Waals surface area contributed by atoms with Gasteiger partial charge in [0.15, 0.2) is 0 Å². The van der Waals surface area contributed by atoms with E-state index in [-0.39, 0.29) is 11.3 Å². The molecule has 2 aliphatic rings. The van der Waals surface area contributed by atoms with Gasteiger partial charge in [-0.15, -0.1) is 5.10 Å². The van der Waals surface area contributed by atoms with E-state index in [2.05, 4.69) is 21.0 Å². The molecule has 1 fully saturated rings. The third-order valence-corrected chi connectivity index (χ3v) is 2.56. The highest BCUT2D eigenvalue weighted by Crippen LogP contribution is 2.31. The molecule has 0 spiro atoms. The number of hydrogen-bond donors (Lipinski definition) is 0. The Morgan fingerprint density at radius 3 is 3.00 bits per heavy atom. The fourth-order valence-corrected chi connectivity index (χ4v) is 1.72. The Labute approximate surface area is 85.0 Å². The van der Waals surface area contributed by atoms with Crippen molar-refractivity contribution in [2.45, 2.75) is 13.8 Å². The van der Waals surface area contributed by atoms with E-state index in [1.54, 1.807) is 22.4 Å². The van der Waals surface area contributed by atoms with E-state index in [0.29, 0.717) is 6.54 Å². The number of carbonyl (C=O) groups is 1. The number of carbonyl (C=O) groups excluding carboxylic acids is 1. The van der Waals surface area contributed by atoms with E-state index in [1.807, 2.05) is 13.8 Å². The maximum Gasteiger partial charge on any atom is 0.254 e. The Balaban J connectivity index is 2.33. The highest BCUT2D eigenvalue weighted by Gasteiger charge is 2.44. The van der Waals surface area contributed by atoms with E-state index in [4.69, 9.17) is 0 Å². The molecule has 2 aliphatic heterocycles. The number of fused-ring (bicyclic) bond motifs is 1. The van der Waals surface area contributed by atoms with Gasteiger partial charge in [-0.05, 0) is 35.9 Å². The second kappa shape index (κ2) is 2.57. The van der Waals surface area contributed by atoms with Crippen LogP contribution in [0.15, 0.2) is 17.4 Å². The maximum absolute atomic E-state index is 11.7. The highest BCUT2D eigenvalue weighted by molar-refractivity contribution is 9.18. The number of amides is 1. The number of rotatable bonds is 0. The molecule has 2 heterocycles. The van der Waals surface area contributed by atoms with Crippen molar-refractivity contribution in [1.82, 2.24) is 10.1 Å². The highest BCUT2D eigenvalue weighted by atomic mass is 79.9. The summed E-state index contributed by atoms with van der Waals surface area (Å²) in [5.74, 6) is 0.0903. The molecule has 0 aliphatic carbocycles. The van der Waals surface area contributed by atoms with Gasteiger partial charge in [-0.25, -0.2) is 5.01 Å². The number of allylic oxidation sites excluding steroid dienone is 1. The standard InChI is InChI=1S/C8H10BrN3O/c1-8(2)5-12-10-6(9)3-4-11(12)7(8)13/h3-4H,5H2,1-2H3.